The molecule has 0 saturated carbocycles. The van der Waals surface area contributed by atoms with E-state index in [1.54, 1.807) is 36.4 Å². The van der Waals surface area contributed by atoms with E-state index in [9.17, 15) is 15.0 Å². The van der Waals surface area contributed by atoms with Crippen LogP contribution in [0.3, 0.4) is 0 Å². The molecule has 1 unspecified atom stereocenters. The van der Waals surface area contributed by atoms with Crippen molar-refractivity contribution in [1.29, 1.82) is 0 Å². The van der Waals surface area contributed by atoms with Crippen LogP contribution >= 0.6 is 0 Å². The first-order valence-corrected chi connectivity index (χ1v) is 8.32. The molecule has 134 valence electrons. The lowest BCUT2D eigenvalue weighted by Gasteiger charge is -2.13. The van der Waals surface area contributed by atoms with Crippen LogP contribution < -0.4 is 0 Å². The zero-order valence-corrected chi connectivity index (χ0v) is 14.4. The average Bonchev–Trinajstić information content (AvgIpc) is 2.60. The molecule has 0 spiro atoms. The summed E-state index contributed by atoms with van der Waals surface area (Å²) >= 11 is 0. The van der Waals surface area contributed by atoms with E-state index in [0.717, 1.165) is 17.5 Å². The summed E-state index contributed by atoms with van der Waals surface area (Å²) in [6.07, 6.45) is 0.961. The molecule has 0 aliphatic heterocycles. The lowest BCUT2D eigenvalue weighted by Crippen LogP contribution is -2.18. The molecule has 2 N–H and O–H groups in total. The van der Waals surface area contributed by atoms with Crippen LogP contribution in [0, 0.1) is 5.92 Å². The van der Waals surface area contributed by atoms with E-state index in [1.165, 1.54) is 0 Å². The molecule has 0 aliphatic carbocycles. The standard InChI is InChI=1S/C20H24O5/c1-15(13-24-11-10-16-2-6-18(21)7-3-16)14-25-20(23)12-17-4-8-19(22)9-5-17/h2-9,15,21-22H,10-14H2,1H3. The second-order valence-electron chi connectivity index (χ2n) is 6.12. The summed E-state index contributed by atoms with van der Waals surface area (Å²) < 4.78 is 10.9. The minimum atomic E-state index is -0.290. The Hall–Kier alpha value is -2.53. The van der Waals surface area contributed by atoms with Crippen LogP contribution in [-0.4, -0.2) is 36.0 Å². The summed E-state index contributed by atoms with van der Waals surface area (Å²) in [5, 5.41) is 18.4. The molecule has 0 aromatic heterocycles. The van der Waals surface area contributed by atoms with Crippen LogP contribution in [0.1, 0.15) is 18.1 Å². The number of esters is 1. The Labute approximate surface area is 147 Å². The normalized spacial score (nSPS) is 11.9. The zero-order valence-electron chi connectivity index (χ0n) is 14.4. The number of aromatic hydroxyl groups is 2. The average molecular weight is 344 g/mol. The Bertz CT molecular complexity index is 649. The Balaban J connectivity index is 1.58. The number of phenols is 2. The summed E-state index contributed by atoms with van der Waals surface area (Å²) in [4.78, 5) is 11.8. The fourth-order valence-electron chi connectivity index (χ4n) is 2.25. The van der Waals surface area contributed by atoms with Gasteiger partial charge in [-0.25, -0.2) is 0 Å². The van der Waals surface area contributed by atoms with Crippen molar-refractivity contribution in [2.75, 3.05) is 19.8 Å². The first kappa shape index (κ1) is 18.8. The third kappa shape index (κ3) is 7.27. The van der Waals surface area contributed by atoms with Gasteiger partial charge in [0, 0.05) is 5.92 Å². The maximum absolute atomic E-state index is 11.8. The quantitative estimate of drug-likeness (QED) is 0.540. The largest absolute Gasteiger partial charge is 0.508 e. The Morgan fingerprint density at radius 2 is 1.48 bits per heavy atom. The molecule has 0 aliphatic rings. The number of benzene rings is 2. The summed E-state index contributed by atoms with van der Waals surface area (Å²) in [5.41, 5.74) is 1.91. The molecule has 2 aromatic rings. The van der Waals surface area contributed by atoms with Crippen molar-refractivity contribution in [2.24, 2.45) is 5.92 Å². The highest BCUT2D eigenvalue weighted by atomic mass is 16.5. The monoisotopic (exact) mass is 344 g/mol. The highest BCUT2D eigenvalue weighted by Crippen LogP contribution is 2.11. The van der Waals surface area contributed by atoms with Crippen molar-refractivity contribution in [2.45, 2.75) is 19.8 Å². The summed E-state index contributed by atoms with van der Waals surface area (Å²) in [7, 11) is 0. The maximum Gasteiger partial charge on any atom is 0.310 e. The number of phenolic OH excluding ortho intramolecular Hbond substituents is 2. The van der Waals surface area contributed by atoms with Gasteiger partial charge < -0.3 is 19.7 Å². The summed E-state index contributed by atoms with van der Waals surface area (Å²) in [5.74, 6) is 0.257. The van der Waals surface area contributed by atoms with Crippen LogP contribution in [0.25, 0.3) is 0 Å². The van der Waals surface area contributed by atoms with Crippen molar-refractivity contribution >= 4 is 5.97 Å². The van der Waals surface area contributed by atoms with E-state index < -0.39 is 0 Å². The second-order valence-corrected chi connectivity index (χ2v) is 6.12. The fraction of sp³-hybridized carbons (Fsp3) is 0.350. The minimum absolute atomic E-state index is 0.114. The van der Waals surface area contributed by atoms with E-state index in [1.807, 2.05) is 19.1 Å². The van der Waals surface area contributed by atoms with Gasteiger partial charge in [-0.15, -0.1) is 0 Å². The van der Waals surface area contributed by atoms with Gasteiger partial charge in [-0.1, -0.05) is 31.2 Å². The number of hydrogen-bond acceptors (Lipinski definition) is 5. The van der Waals surface area contributed by atoms with Crippen molar-refractivity contribution in [3.05, 3.63) is 59.7 Å². The molecule has 25 heavy (non-hydrogen) atoms. The Morgan fingerprint density at radius 3 is 2.08 bits per heavy atom. The predicted molar refractivity (Wildman–Crippen MR) is 94.6 cm³/mol. The van der Waals surface area contributed by atoms with E-state index in [4.69, 9.17) is 9.47 Å². The van der Waals surface area contributed by atoms with Gasteiger partial charge in [0.05, 0.1) is 26.2 Å². The molecule has 0 amide bonds. The number of rotatable bonds is 9. The van der Waals surface area contributed by atoms with Crippen molar-refractivity contribution in [3.8, 4) is 11.5 Å². The molecular formula is C20H24O5. The molecule has 0 bridgehead atoms. The maximum atomic E-state index is 11.8. The van der Waals surface area contributed by atoms with Crippen LogP contribution in [0.15, 0.2) is 48.5 Å². The second kappa shape index (κ2) is 9.69. The minimum Gasteiger partial charge on any atom is -0.508 e. The Kier molecular flexibility index (Phi) is 7.29. The zero-order chi connectivity index (χ0) is 18.1. The third-order valence-corrected chi connectivity index (χ3v) is 3.69. The molecule has 2 rings (SSSR count). The SMILES string of the molecule is CC(COCCc1ccc(O)cc1)COC(=O)Cc1ccc(O)cc1. The summed E-state index contributed by atoms with van der Waals surface area (Å²) in [6.45, 7) is 3.38. The van der Waals surface area contributed by atoms with Gasteiger partial charge in [-0.3, -0.25) is 4.79 Å². The number of carbonyl (C=O) groups is 1. The van der Waals surface area contributed by atoms with E-state index >= 15 is 0 Å². The van der Waals surface area contributed by atoms with Gasteiger partial charge in [0.25, 0.3) is 0 Å². The van der Waals surface area contributed by atoms with Gasteiger partial charge >= 0.3 is 5.97 Å². The van der Waals surface area contributed by atoms with E-state index in [2.05, 4.69) is 0 Å². The molecule has 5 heteroatoms. The van der Waals surface area contributed by atoms with Gasteiger partial charge in [0.1, 0.15) is 11.5 Å². The molecule has 5 nitrogen and oxygen atoms in total. The van der Waals surface area contributed by atoms with E-state index in [0.29, 0.717) is 19.8 Å². The van der Waals surface area contributed by atoms with Crippen LogP contribution in [0.4, 0.5) is 0 Å². The highest BCUT2D eigenvalue weighted by Gasteiger charge is 2.09. The van der Waals surface area contributed by atoms with Crippen molar-refractivity contribution in [3.63, 3.8) is 0 Å². The molecule has 1 atom stereocenters. The van der Waals surface area contributed by atoms with Gasteiger partial charge in [-0.05, 0) is 41.8 Å². The first-order valence-electron chi connectivity index (χ1n) is 8.32. The van der Waals surface area contributed by atoms with E-state index in [-0.39, 0.29) is 29.8 Å². The summed E-state index contributed by atoms with van der Waals surface area (Å²) in [6, 6.07) is 13.6. The molecule has 0 heterocycles. The predicted octanol–water partition coefficient (Wildman–Crippen LogP) is 3.08. The highest BCUT2D eigenvalue weighted by molar-refractivity contribution is 5.72. The topological polar surface area (TPSA) is 76.0 Å². The fourth-order valence-corrected chi connectivity index (χ4v) is 2.25. The van der Waals surface area contributed by atoms with Crippen LogP contribution in [-0.2, 0) is 27.1 Å². The molecule has 2 aromatic carbocycles. The number of hydrogen-bond donors (Lipinski definition) is 2. The van der Waals surface area contributed by atoms with Gasteiger partial charge in [-0.2, -0.15) is 0 Å². The molecule has 0 fully saturated rings. The van der Waals surface area contributed by atoms with Crippen LogP contribution in [0.5, 0.6) is 11.5 Å². The van der Waals surface area contributed by atoms with Crippen LogP contribution in [0.2, 0.25) is 0 Å². The number of carbonyl (C=O) groups excluding carboxylic acids is 1. The smallest absolute Gasteiger partial charge is 0.310 e. The molecule has 0 radical (unpaired) electrons. The van der Waals surface area contributed by atoms with Crippen molar-refractivity contribution < 1.29 is 24.5 Å². The van der Waals surface area contributed by atoms with Crippen molar-refractivity contribution in [1.82, 2.24) is 0 Å². The Morgan fingerprint density at radius 1 is 0.920 bits per heavy atom. The molecule has 0 saturated heterocycles. The number of ether oxygens (including phenoxy) is 2. The van der Waals surface area contributed by atoms with Gasteiger partial charge in [0.15, 0.2) is 0 Å². The molecular weight excluding hydrogens is 320 g/mol. The van der Waals surface area contributed by atoms with Gasteiger partial charge in [0.2, 0.25) is 0 Å². The third-order valence-electron chi connectivity index (χ3n) is 3.69. The lowest BCUT2D eigenvalue weighted by molar-refractivity contribution is -0.144. The lowest BCUT2D eigenvalue weighted by atomic mass is 10.1. The first-order chi connectivity index (χ1) is 12.0.